The molecule has 140 valence electrons. The minimum absolute atomic E-state index is 0.897. The number of hydrogen-bond acceptors (Lipinski definition) is 2. The van der Waals surface area contributed by atoms with Crippen molar-refractivity contribution in [2.75, 3.05) is 0 Å². The first-order chi connectivity index (χ1) is 13.6. The van der Waals surface area contributed by atoms with E-state index in [2.05, 4.69) is 98.6 Å². The van der Waals surface area contributed by atoms with Gasteiger partial charge in [-0.1, -0.05) is 101 Å². The normalized spacial score (nSPS) is 11.0. The molecule has 0 saturated heterocycles. The van der Waals surface area contributed by atoms with Crippen molar-refractivity contribution in [3.8, 4) is 22.5 Å². The first-order valence-electron chi connectivity index (χ1n) is 9.51. The van der Waals surface area contributed by atoms with E-state index in [1.165, 1.54) is 22.3 Å². The minimum atomic E-state index is 0.897. The number of thioether (sulfide) groups is 1. The quantitative estimate of drug-likeness (QED) is 0.377. The Hall–Kier alpha value is -2.78. The average molecular weight is 385 g/mol. The highest BCUT2D eigenvalue weighted by Gasteiger charge is 2.14. The second kappa shape index (κ2) is 8.07. The van der Waals surface area contributed by atoms with Crippen LogP contribution >= 0.6 is 11.8 Å². The number of aromatic amines is 1. The van der Waals surface area contributed by atoms with Gasteiger partial charge < -0.3 is 4.98 Å². The summed E-state index contributed by atoms with van der Waals surface area (Å²) < 4.78 is 0. The van der Waals surface area contributed by atoms with Gasteiger partial charge in [-0.05, 0) is 26.3 Å². The van der Waals surface area contributed by atoms with Crippen molar-refractivity contribution in [3.63, 3.8) is 0 Å². The topological polar surface area (TPSA) is 28.7 Å². The predicted molar refractivity (Wildman–Crippen MR) is 120 cm³/mol. The fraction of sp³-hybridized carbons (Fsp3) is 0.160. The van der Waals surface area contributed by atoms with Crippen LogP contribution in [0.4, 0.5) is 0 Å². The van der Waals surface area contributed by atoms with Crippen molar-refractivity contribution in [2.45, 2.75) is 31.7 Å². The third kappa shape index (κ3) is 4.20. The first-order valence-corrected chi connectivity index (χ1v) is 10.5. The Bertz CT molecular complexity index is 996. The van der Waals surface area contributed by atoms with Crippen LogP contribution in [0.5, 0.6) is 0 Å². The highest BCUT2D eigenvalue weighted by atomic mass is 32.2. The Kier molecular flexibility index (Phi) is 5.36. The number of aromatic nitrogens is 2. The highest BCUT2D eigenvalue weighted by Crippen LogP contribution is 2.33. The lowest BCUT2D eigenvalue weighted by Gasteiger charge is -2.04. The standard InChI is InChI=1S/C25H24N2S/c1-17-4-10-20(11-5-17)16-28-25-26-23(21-12-6-18(2)7-13-21)24(27-25)22-14-8-19(3)9-15-22/h4-15H,16H2,1-3H3,(H,26,27). The molecule has 0 atom stereocenters. The molecular formula is C25H24N2S. The molecule has 4 rings (SSSR count). The molecule has 0 radical (unpaired) electrons. The van der Waals surface area contributed by atoms with Gasteiger partial charge in [-0.3, -0.25) is 0 Å². The van der Waals surface area contributed by atoms with Crippen molar-refractivity contribution in [1.82, 2.24) is 9.97 Å². The summed E-state index contributed by atoms with van der Waals surface area (Å²) in [5, 5.41) is 0.951. The maximum atomic E-state index is 4.95. The van der Waals surface area contributed by atoms with E-state index in [9.17, 15) is 0 Å². The molecule has 2 nitrogen and oxygen atoms in total. The molecule has 0 unspecified atom stereocenters. The summed E-state index contributed by atoms with van der Waals surface area (Å²) in [6, 6.07) is 25.9. The Balaban J connectivity index is 1.67. The lowest BCUT2D eigenvalue weighted by Crippen LogP contribution is -1.84. The van der Waals surface area contributed by atoms with Crippen molar-refractivity contribution >= 4 is 11.8 Å². The number of aryl methyl sites for hydroxylation is 3. The fourth-order valence-corrected chi connectivity index (χ4v) is 3.93. The molecule has 0 aliphatic carbocycles. The average Bonchev–Trinajstić information content (AvgIpc) is 3.13. The summed E-state index contributed by atoms with van der Waals surface area (Å²) >= 11 is 1.74. The second-order valence-corrected chi connectivity index (χ2v) is 8.24. The maximum absolute atomic E-state index is 4.95. The molecule has 0 bridgehead atoms. The van der Waals surface area contributed by atoms with Crippen LogP contribution < -0.4 is 0 Å². The smallest absolute Gasteiger partial charge is 0.166 e. The largest absolute Gasteiger partial charge is 0.332 e. The van der Waals surface area contributed by atoms with Crippen molar-refractivity contribution in [1.29, 1.82) is 0 Å². The zero-order valence-electron chi connectivity index (χ0n) is 16.5. The van der Waals surface area contributed by atoms with Crippen LogP contribution in [-0.2, 0) is 5.75 Å². The molecule has 0 saturated carbocycles. The second-order valence-electron chi connectivity index (χ2n) is 7.27. The molecule has 3 heteroatoms. The van der Waals surface area contributed by atoms with Crippen LogP contribution in [0.15, 0.2) is 78.0 Å². The molecule has 0 amide bonds. The Labute approximate surface area is 171 Å². The van der Waals surface area contributed by atoms with Crippen LogP contribution in [0, 0.1) is 20.8 Å². The van der Waals surface area contributed by atoms with Gasteiger partial charge in [0, 0.05) is 16.9 Å². The molecule has 1 N–H and O–H groups in total. The third-order valence-electron chi connectivity index (χ3n) is 4.84. The van der Waals surface area contributed by atoms with E-state index >= 15 is 0 Å². The maximum Gasteiger partial charge on any atom is 0.166 e. The van der Waals surface area contributed by atoms with E-state index in [4.69, 9.17) is 4.98 Å². The zero-order valence-corrected chi connectivity index (χ0v) is 17.3. The third-order valence-corrected chi connectivity index (χ3v) is 5.79. The van der Waals surface area contributed by atoms with Gasteiger partial charge in [-0.15, -0.1) is 0 Å². The predicted octanol–water partition coefficient (Wildman–Crippen LogP) is 6.96. The summed E-state index contributed by atoms with van der Waals surface area (Å²) in [4.78, 5) is 8.51. The summed E-state index contributed by atoms with van der Waals surface area (Å²) in [5.41, 5.74) is 9.50. The molecule has 0 aliphatic rings. The van der Waals surface area contributed by atoms with Crippen LogP contribution in [0.3, 0.4) is 0 Å². The van der Waals surface area contributed by atoms with E-state index in [0.717, 1.165) is 33.4 Å². The van der Waals surface area contributed by atoms with Gasteiger partial charge in [0.1, 0.15) is 0 Å². The minimum Gasteiger partial charge on any atom is -0.332 e. The monoisotopic (exact) mass is 384 g/mol. The molecular weight excluding hydrogens is 360 g/mol. The molecule has 4 aromatic rings. The van der Waals surface area contributed by atoms with Gasteiger partial charge >= 0.3 is 0 Å². The summed E-state index contributed by atoms with van der Waals surface area (Å²) in [6.45, 7) is 6.34. The van der Waals surface area contributed by atoms with Crippen molar-refractivity contribution < 1.29 is 0 Å². The molecule has 28 heavy (non-hydrogen) atoms. The number of nitrogens with one attached hydrogen (secondary N) is 1. The Morgan fingerprint density at radius 2 is 1.18 bits per heavy atom. The van der Waals surface area contributed by atoms with Crippen molar-refractivity contribution in [2.24, 2.45) is 0 Å². The van der Waals surface area contributed by atoms with Gasteiger partial charge in [0.05, 0.1) is 11.4 Å². The van der Waals surface area contributed by atoms with E-state index < -0.39 is 0 Å². The Morgan fingerprint density at radius 3 is 1.75 bits per heavy atom. The number of hydrogen-bond donors (Lipinski definition) is 1. The number of rotatable bonds is 5. The zero-order chi connectivity index (χ0) is 19.5. The van der Waals surface area contributed by atoms with Crippen LogP contribution in [0.25, 0.3) is 22.5 Å². The SMILES string of the molecule is Cc1ccc(CSc2nc(-c3ccc(C)cc3)c(-c3ccc(C)cc3)[nH]2)cc1. The molecule has 0 aliphatic heterocycles. The van der Waals surface area contributed by atoms with E-state index in [1.807, 2.05) is 0 Å². The lowest BCUT2D eigenvalue weighted by atomic mass is 10.0. The van der Waals surface area contributed by atoms with Gasteiger partial charge in [0.2, 0.25) is 0 Å². The summed E-state index contributed by atoms with van der Waals surface area (Å²) in [7, 11) is 0. The van der Waals surface area contributed by atoms with Gasteiger partial charge in [-0.25, -0.2) is 4.98 Å². The van der Waals surface area contributed by atoms with Crippen LogP contribution in [0.2, 0.25) is 0 Å². The first kappa shape index (κ1) is 18.6. The summed E-state index contributed by atoms with van der Waals surface area (Å²) in [6.07, 6.45) is 0. The summed E-state index contributed by atoms with van der Waals surface area (Å²) in [5.74, 6) is 0.897. The van der Waals surface area contributed by atoms with Crippen LogP contribution in [-0.4, -0.2) is 9.97 Å². The van der Waals surface area contributed by atoms with Crippen LogP contribution in [0.1, 0.15) is 22.3 Å². The van der Waals surface area contributed by atoms with E-state index in [1.54, 1.807) is 11.8 Å². The van der Waals surface area contributed by atoms with Gasteiger partial charge in [-0.2, -0.15) is 0 Å². The van der Waals surface area contributed by atoms with Gasteiger partial charge in [0.25, 0.3) is 0 Å². The van der Waals surface area contributed by atoms with Gasteiger partial charge in [0.15, 0.2) is 5.16 Å². The molecule has 0 spiro atoms. The molecule has 3 aromatic carbocycles. The lowest BCUT2D eigenvalue weighted by molar-refractivity contribution is 1.06. The van der Waals surface area contributed by atoms with E-state index in [0.29, 0.717) is 0 Å². The number of H-pyrrole nitrogens is 1. The molecule has 0 fully saturated rings. The van der Waals surface area contributed by atoms with Crippen molar-refractivity contribution in [3.05, 3.63) is 95.1 Å². The van der Waals surface area contributed by atoms with E-state index in [-0.39, 0.29) is 0 Å². The number of benzene rings is 3. The molecule has 1 heterocycles. The highest BCUT2D eigenvalue weighted by molar-refractivity contribution is 7.98. The number of imidazole rings is 1. The molecule has 1 aromatic heterocycles. The number of nitrogens with zero attached hydrogens (tertiary/aromatic N) is 1. The fourth-order valence-electron chi connectivity index (χ4n) is 3.11. The Morgan fingerprint density at radius 1 is 0.679 bits per heavy atom.